The van der Waals surface area contributed by atoms with Gasteiger partial charge in [0, 0.05) is 5.54 Å². The molecule has 0 heterocycles. The molecular formula is C12H17NO2. The minimum atomic E-state index is 0.0576. The number of hydrogen-bond acceptors (Lipinski definition) is 3. The van der Waals surface area contributed by atoms with Crippen LogP contribution in [0.5, 0.6) is 11.5 Å². The number of rotatable bonds is 5. The van der Waals surface area contributed by atoms with E-state index in [-0.39, 0.29) is 5.54 Å². The highest BCUT2D eigenvalue weighted by molar-refractivity contribution is 5.39. The van der Waals surface area contributed by atoms with Gasteiger partial charge >= 0.3 is 0 Å². The monoisotopic (exact) mass is 207 g/mol. The van der Waals surface area contributed by atoms with E-state index in [9.17, 15) is 0 Å². The second-order valence-corrected chi connectivity index (χ2v) is 4.11. The molecule has 0 atom stereocenters. The maximum absolute atomic E-state index is 5.97. The second-order valence-electron chi connectivity index (χ2n) is 4.11. The molecule has 82 valence electrons. The zero-order chi connectivity index (χ0) is 10.7. The zero-order valence-electron chi connectivity index (χ0n) is 9.03. The van der Waals surface area contributed by atoms with Crippen molar-refractivity contribution in [2.45, 2.75) is 24.8 Å². The first-order valence-electron chi connectivity index (χ1n) is 5.28. The Morgan fingerprint density at radius 3 is 2.53 bits per heavy atom. The van der Waals surface area contributed by atoms with Gasteiger partial charge in [0.25, 0.3) is 0 Å². The van der Waals surface area contributed by atoms with E-state index in [1.54, 1.807) is 7.11 Å². The number of benzene rings is 1. The van der Waals surface area contributed by atoms with Crippen molar-refractivity contribution >= 4 is 0 Å². The van der Waals surface area contributed by atoms with Gasteiger partial charge in [-0.15, -0.1) is 0 Å². The Morgan fingerprint density at radius 2 is 1.93 bits per heavy atom. The van der Waals surface area contributed by atoms with Crippen LogP contribution in [0.3, 0.4) is 0 Å². The Labute approximate surface area is 90.2 Å². The van der Waals surface area contributed by atoms with E-state index in [0.717, 1.165) is 30.8 Å². The molecule has 3 heteroatoms. The van der Waals surface area contributed by atoms with Gasteiger partial charge in [0.15, 0.2) is 11.5 Å². The Hall–Kier alpha value is -1.22. The van der Waals surface area contributed by atoms with E-state index in [0.29, 0.717) is 6.61 Å². The van der Waals surface area contributed by atoms with Gasteiger partial charge in [-0.3, -0.25) is 0 Å². The van der Waals surface area contributed by atoms with E-state index in [1.807, 2.05) is 24.3 Å². The first-order valence-corrected chi connectivity index (χ1v) is 5.28. The molecule has 2 N–H and O–H groups in total. The maximum Gasteiger partial charge on any atom is 0.161 e. The standard InChI is InChI=1S/C12H17NO2/c1-14-10-4-2-3-5-11(10)15-9-8-12(13)6-7-12/h2-5H,6-9,13H2,1H3. The van der Waals surface area contributed by atoms with E-state index in [2.05, 4.69) is 0 Å². The van der Waals surface area contributed by atoms with Gasteiger partial charge in [-0.1, -0.05) is 12.1 Å². The normalized spacial score (nSPS) is 17.2. The van der Waals surface area contributed by atoms with Crippen LogP contribution in [-0.2, 0) is 0 Å². The molecule has 15 heavy (non-hydrogen) atoms. The highest BCUT2D eigenvalue weighted by atomic mass is 16.5. The molecule has 1 aliphatic carbocycles. The first-order chi connectivity index (χ1) is 7.23. The fourth-order valence-electron chi connectivity index (χ4n) is 1.51. The van der Waals surface area contributed by atoms with Crippen molar-refractivity contribution in [3.63, 3.8) is 0 Å². The van der Waals surface area contributed by atoms with Crippen LogP contribution in [0.1, 0.15) is 19.3 Å². The van der Waals surface area contributed by atoms with Gasteiger partial charge in [-0.2, -0.15) is 0 Å². The summed E-state index contributed by atoms with van der Waals surface area (Å²) in [5, 5.41) is 0. The maximum atomic E-state index is 5.97. The van der Waals surface area contributed by atoms with Crippen molar-refractivity contribution in [2.24, 2.45) is 5.73 Å². The molecule has 3 nitrogen and oxygen atoms in total. The van der Waals surface area contributed by atoms with Gasteiger partial charge in [0.05, 0.1) is 13.7 Å². The molecule has 0 amide bonds. The number of ether oxygens (including phenoxy) is 2. The quantitative estimate of drug-likeness (QED) is 0.802. The minimum absolute atomic E-state index is 0.0576. The molecule has 0 bridgehead atoms. The van der Waals surface area contributed by atoms with Crippen molar-refractivity contribution in [3.8, 4) is 11.5 Å². The van der Waals surface area contributed by atoms with Gasteiger partial charge in [-0.05, 0) is 31.4 Å². The largest absolute Gasteiger partial charge is 0.493 e. The third-order valence-electron chi connectivity index (χ3n) is 2.82. The lowest BCUT2D eigenvalue weighted by Gasteiger charge is -2.12. The van der Waals surface area contributed by atoms with Crippen molar-refractivity contribution in [1.29, 1.82) is 0 Å². The van der Waals surface area contributed by atoms with E-state index in [1.165, 1.54) is 0 Å². The van der Waals surface area contributed by atoms with Crippen LogP contribution in [-0.4, -0.2) is 19.3 Å². The lowest BCUT2D eigenvalue weighted by Crippen LogP contribution is -2.24. The number of para-hydroxylation sites is 2. The molecule has 1 aromatic rings. The number of nitrogens with two attached hydrogens (primary N) is 1. The predicted octanol–water partition coefficient (Wildman–Crippen LogP) is 1.96. The first kappa shape index (κ1) is 10.3. The summed E-state index contributed by atoms with van der Waals surface area (Å²) < 4.78 is 10.8. The molecule has 0 aliphatic heterocycles. The van der Waals surface area contributed by atoms with Gasteiger partial charge < -0.3 is 15.2 Å². The molecule has 0 saturated heterocycles. The lowest BCUT2D eigenvalue weighted by atomic mass is 10.2. The molecular weight excluding hydrogens is 190 g/mol. The van der Waals surface area contributed by atoms with E-state index in [4.69, 9.17) is 15.2 Å². The average Bonchev–Trinajstić information content (AvgIpc) is 2.97. The molecule has 2 rings (SSSR count). The van der Waals surface area contributed by atoms with Crippen LogP contribution in [0.25, 0.3) is 0 Å². The Kier molecular flexibility index (Phi) is 2.82. The van der Waals surface area contributed by atoms with Crippen LogP contribution < -0.4 is 15.2 Å². The summed E-state index contributed by atoms with van der Waals surface area (Å²) in [6.07, 6.45) is 3.18. The predicted molar refractivity (Wildman–Crippen MR) is 59.3 cm³/mol. The smallest absolute Gasteiger partial charge is 0.161 e. The average molecular weight is 207 g/mol. The zero-order valence-corrected chi connectivity index (χ0v) is 9.03. The third-order valence-corrected chi connectivity index (χ3v) is 2.82. The lowest BCUT2D eigenvalue weighted by molar-refractivity contribution is 0.276. The third kappa shape index (κ3) is 2.63. The second kappa shape index (κ2) is 4.11. The Bertz CT molecular complexity index is 334. The minimum Gasteiger partial charge on any atom is -0.493 e. The summed E-state index contributed by atoms with van der Waals surface area (Å²) in [7, 11) is 1.65. The molecule has 1 aliphatic rings. The van der Waals surface area contributed by atoms with Crippen molar-refractivity contribution < 1.29 is 9.47 Å². The summed E-state index contributed by atoms with van der Waals surface area (Å²) in [6, 6.07) is 7.67. The highest BCUT2D eigenvalue weighted by Gasteiger charge is 2.37. The van der Waals surface area contributed by atoms with Crippen LogP contribution in [0, 0.1) is 0 Å². The molecule has 1 aromatic carbocycles. The van der Waals surface area contributed by atoms with Crippen LogP contribution in [0.4, 0.5) is 0 Å². The molecule has 0 spiro atoms. The topological polar surface area (TPSA) is 44.5 Å². The number of hydrogen-bond donors (Lipinski definition) is 1. The molecule has 1 fully saturated rings. The van der Waals surface area contributed by atoms with Crippen molar-refractivity contribution in [1.82, 2.24) is 0 Å². The van der Waals surface area contributed by atoms with Crippen molar-refractivity contribution in [3.05, 3.63) is 24.3 Å². The van der Waals surface area contributed by atoms with Gasteiger partial charge in [0.1, 0.15) is 0 Å². The SMILES string of the molecule is COc1ccccc1OCCC1(N)CC1. The van der Waals surface area contributed by atoms with Crippen LogP contribution in [0.15, 0.2) is 24.3 Å². The Morgan fingerprint density at radius 1 is 1.27 bits per heavy atom. The van der Waals surface area contributed by atoms with Gasteiger partial charge in [-0.25, -0.2) is 0 Å². The summed E-state index contributed by atoms with van der Waals surface area (Å²) in [5.41, 5.74) is 6.03. The molecule has 0 aromatic heterocycles. The van der Waals surface area contributed by atoms with E-state index >= 15 is 0 Å². The fourth-order valence-corrected chi connectivity index (χ4v) is 1.51. The Balaban J connectivity index is 1.86. The van der Waals surface area contributed by atoms with E-state index < -0.39 is 0 Å². The highest BCUT2D eigenvalue weighted by Crippen LogP contribution is 2.36. The van der Waals surface area contributed by atoms with Crippen molar-refractivity contribution in [2.75, 3.05) is 13.7 Å². The fraction of sp³-hybridized carbons (Fsp3) is 0.500. The summed E-state index contributed by atoms with van der Waals surface area (Å²) in [5.74, 6) is 1.57. The summed E-state index contributed by atoms with van der Waals surface area (Å²) >= 11 is 0. The van der Waals surface area contributed by atoms with Crippen LogP contribution in [0.2, 0.25) is 0 Å². The molecule has 0 radical (unpaired) electrons. The molecule has 0 unspecified atom stereocenters. The number of methoxy groups -OCH3 is 1. The molecule has 1 saturated carbocycles. The van der Waals surface area contributed by atoms with Crippen LogP contribution >= 0.6 is 0 Å². The van der Waals surface area contributed by atoms with Gasteiger partial charge in [0.2, 0.25) is 0 Å². The summed E-state index contributed by atoms with van der Waals surface area (Å²) in [4.78, 5) is 0. The summed E-state index contributed by atoms with van der Waals surface area (Å²) in [6.45, 7) is 0.664.